The first kappa shape index (κ1) is 19.4. The van der Waals surface area contributed by atoms with Gasteiger partial charge in [-0.1, -0.05) is 41.4 Å². The van der Waals surface area contributed by atoms with Gasteiger partial charge in [0.1, 0.15) is 0 Å². The molecule has 0 saturated carbocycles. The van der Waals surface area contributed by atoms with Crippen LogP contribution >= 0.6 is 23.2 Å². The first-order valence-corrected chi connectivity index (χ1v) is 10.1. The molecule has 0 bridgehead atoms. The van der Waals surface area contributed by atoms with E-state index in [0.717, 1.165) is 0 Å². The van der Waals surface area contributed by atoms with Gasteiger partial charge in [0.05, 0.1) is 27.7 Å². The number of esters is 1. The Kier molecular flexibility index (Phi) is 5.55. The molecule has 9 heteroatoms. The minimum absolute atomic E-state index is 0.0616. The standard InChI is InChI=1S/C18H14Cl2N2O4S/c1-2-26-18(23)16-10-15(17-13(20)8-11(19)9-14(17)21-16)22-27(24,25)12-6-4-3-5-7-12/h3-10H,2H2,1H3,(H,21,22). The molecule has 0 atom stereocenters. The highest BCUT2D eigenvalue weighted by atomic mass is 35.5. The van der Waals surface area contributed by atoms with Crippen LogP contribution in [0.15, 0.2) is 53.4 Å². The van der Waals surface area contributed by atoms with Gasteiger partial charge in [0.15, 0.2) is 5.69 Å². The molecule has 140 valence electrons. The Hall–Kier alpha value is -2.35. The summed E-state index contributed by atoms with van der Waals surface area (Å²) in [5, 5.41) is 0.831. The minimum Gasteiger partial charge on any atom is -0.461 e. The van der Waals surface area contributed by atoms with Crippen molar-refractivity contribution in [1.29, 1.82) is 0 Å². The summed E-state index contributed by atoms with van der Waals surface area (Å²) in [5.74, 6) is -0.685. The Morgan fingerprint density at radius 3 is 2.52 bits per heavy atom. The Morgan fingerprint density at radius 2 is 1.85 bits per heavy atom. The van der Waals surface area contributed by atoms with E-state index in [2.05, 4.69) is 9.71 Å². The number of hydrogen-bond donors (Lipinski definition) is 1. The lowest BCUT2D eigenvalue weighted by Gasteiger charge is -2.13. The van der Waals surface area contributed by atoms with Gasteiger partial charge >= 0.3 is 5.97 Å². The first-order chi connectivity index (χ1) is 12.8. The van der Waals surface area contributed by atoms with E-state index in [1.165, 1.54) is 30.3 Å². The molecule has 3 rings (SSSR count). The normalized spacial score (nSPS) is 11.4. The molecule has 0 radical (unpaired) electrons. The van der Waals surface area contributed by atoms with Gasteiger partial charge in [-0.15, -0.1) is 0 Å². The van der Waals surface area contributed by atoms with E-state index in [4.69, 9.17) is 27.9 Å². The lowest BCUT2D eigenvalue weighted by atomic mass is 10.1. The number of carbonyl (C=O) groups is 1. The van der Waals surface area contributed by atoms with Crippen LogP contribution in [0, 0.1) is 0 Å². The maximum Gasteiger partial charge on any atom is 0.357 e. The zero-order valence-corrected chi connectivity index (χ0v) is 16.4. The van der Waals surface area contributed by atoms with Crippen molar-refractivity contribution in [3.05, 3.63) is 64.3 Å². The van der Waals surface area contributed by atoms with Gasteiger partial charge in [-0.2, -0.15) is 0 Å². The summed E-state index contributed by atoms with van der Waals surface area (Å²) in [6.45, 7) is 1.81. The van der Waals surface area contributed by atoms with Crippen LogP contribution in [-0.2, 0) is 14.8 Å². The SMILES string of the molecule is CCOC(=O)c1cc(NS(=O)(=O)c2ccccc2)c2c(Cl)cc(Cl)cc2n1. The van der Waals surface area contributed by atoms with Crippen molar-refractivity contribution in [2.75, 3.05) is 11.3 Å². The van der Waals surface area contributed by atoms with E-state index < -0.39 is 16.0 Å². The molecule has 1 N–H and O–H groups in total. The highest BCUT2D eigenvalue weighted by molar-refractivity contribution is 7.92. The van der Waals surface area contributed by atoms with Gasteiger partial charge < -0.3 is 4.74 Å². The molecule has 1 aromatic heterocycles. The molecule has 0 aliphatic heterocycles. The van der Waals surface area contributed by atoms with Crippen LogP contribution in [0.25, 0.3) is 10.9 Å². The second-order valence-electron chi connectivity index (χ2n) is 5.48. The quantitative estimate of drug-likeness (QED) is 0.608. The third kappa shape index (κ3) is 4.16. The highest BCUT2D eigenvalue weighted by Gasteiger charge is 2.20. The zero-order valence-electron chi connectivity index (χ0n) is 14.1. The number of rotatable bonds is 5. The number of aromatic nitrogens is 1. The molecule has 0 aliphatic carbocycles. The van der Waals surface area contributed by atoms with Crippen molar-refractivity contribution in [1.82, 2.24) is 4.98 Å². The average molecular weight is 425 g/mol. The van der Waals surface area contributed by atoms with Crippen molar-refractivity contribution in [3.63, 3.8) is 0 Å². The summed E-state index contributed by atoms with van der Waals surface area (Å²) in [5.41, 5.74) is 0.311. The van der Waals surface area contributed by atoms with Crippen LogP contribution in [0.2, 0.25) is 10.0 Å². The number of nitrogens with one attached hydrogen (secondary N) is 1. The highest BCUT2D eigenvalue weighted by Crippen LogP contribution is 2.34. The smallest absolute Gasteiger partial charge is 0.357 e. The fourth-order valence-corrected chi connectivity index (χ4v) is 4.15. The van der Waals surface area contributed by atoms with Gasteiger partial charge in [0.25, 0.3) is 10.0 Å². The van der Waals surface area contributed by atoms with E-state index in [0.29, 0.717) is 10.4 Å². The summed E-state index contributed by atoms with van der Waals surface area (Å²) in [4.78, 5) is 16.4. The van der Waals surface area contributed by atoms with Crippen molar-refractivity contribution in [2.24, 2.45) is 0 Å². The fraction of sp³-hybridized carbons (Fsp3) is 0.111. The van der Waals surface area contributed by atoms with Crippen LogP contribution in [0.4, 0.5) is 5.69 Å². The van der Waals surface area contributed by atoms with Gasteiger partial charge in [-0.3, -0.25) is 4.72 Å². The third-order valence-corrected chi connectivity index (χ3v) is 5.51. The van der Waals surface area contributed by atoms with Crippen LogP contribution in [-0.4, -0.2) is 26.0 Å². The number of anilines is 1. The minimum atomic E-state index is -3.91. The van der Waals surface area contributed by atoms with Gasteiger partial charge in [-0.05, 0) is 37.3 Å². The largest absolute Gasteiger partial charge is 0.461 e. The number of ether oxygens (including phenoxy) is 1. The molecule has 0 amide bonds. The molecule has 27 heavy (non-hydrogen) atoms. The molecule has 0 aliphatic rings. The lowest BCUT2D eigenvalue weighted by Crippen LogP contribution is -2.15. The first-order valence-electron chi connectivity index (χ1n) is 7.86. The number of benzene rings is 2. The van der Waals surface area contributed by atoms with Crippen LogP contribution in [0.1, 0.15) is 17.4 Å². The van der Waals surface area contributed by atoms with E-state index >= 15 is 0 Å². The second-order valence-corrected chi connectivity index (χ2v) is 8.00. The zero-order chi connectivity index (χ0) is 19.6. The summed E-state index contributed by atoms with van der Waals surface area (Å²) in [6.07, 6.45) is 0. The van der Waals surface area contributed by atoms with Crippen LogP contribution in [0.5, 0.6) is 0 Å². The van der Waals surface area contributed by atoms with E-state index in [9.17, 15) is 13.2 Å². The Balaban J connectivity index is 2.19. The van der Waals surface area contributed by atoms with E-state index in [1.807, 2.05) is 0 Å². The number of fused-ring (bicyclic) bond motifs is 1. The van der Waals surface area contributed by atoms with Crippen LogP contribution < -0.4 is 4.72 Å². The molecule has 0 saturated heterocycles. The van der Waals surface area contributed by atoms with Crippen LogP contribution in [0.3, 0.4) is 0 Å². The molecule has 6 nitrogen and oxygen atoms in total. The molecule has 1 heterocycles. The van der Waals surface area contributed by atoms with E-state index in [-0.39, 0.29) is 33.4 Å². The molecular formula is C18H14Cl2N2O4S. The maximum atomic E-state index is 12.7. The summed E-state index contributed by atoms with van der Waals surface area (Å²) in [7, 11) is -3.91. The number of halogens is 2. The van der Waals surface area contributed by atoms with Gasteiger partial charge in [-0.25, -0.2) is 18.2 Å². The van der Waals surface area contributed by atoms with Crippen molar-refractivity contribution in [3.8, 4) is 0 Å². The lowest BCUT2D eigenvalue weighted by molar-refractivity contribution is 0.0520. The van der Waals surface area contributed by atoms with Crippen molar-refractivity contribution < 1.29 is 17.9 Å². The van der Waals surface area contributed by atoms with Gasteiger partial charge in [0, 0.05) is 10.4 Å². The molecule has 3 aromatic rings. The topological polar surface area (TPSA) is 85.4 Å². The average Bonchev–Trinajstić information content (AvgIpc) is 2.61. The summed E-state index contributed by atoms with van der Waals surface area (Å²) >= 11 is 12.3. The molecule has 2 aromatic carbocycles. The number of carbonyl (C=O) groups excluding carboxylic acids is 1. The summed E-state index contributed by atoms with van der Waals surface area (Å²) in [6, 6.07) is 12.1. The predicted molar refractivity (Wildman–Crippen MR) is 105 cm³/mol. The number of sulfonamides is 1. The Labute approximate surface area is 166 Å². The predicted octanol–water partition coefficient (Wildman–Crippen LogP) is 4.52. The van der Waals surface area contributed by atoms with Gasteiger partial charge in [0.2, 0.25) is 0 Å². The number of hydrogen-bond acceptors (Lipinski definition) is 5. The fourth-order valence-electron chi connectivity index (χ4n) is 2.48. The van der Waals surface area contributed by atoms with Crippen molar-refractivity contribution in [2.45, 2.75) is 11.8 Å². The monoisotopic (exact) mass is 424 g/mol. The maximum absolute atomic E-state index is 12.7. The summed E-state index contributed by atoms with van der Waals surface area (Å²) < 4.78 is 32.9. The molecule has 0 spiro atoms. The number of pyridine rings is 1. The Bertz CT molecular complexity index is 1120. The second kappa shape index (κ2) is 7.72. The van der Waals surface area contributed by atoms with E-state index in [1.54, 1.807) is 25.1 Å². The Morgan fingerprint density at radius 1 is 1.15 bits per heavy atom. The molecular weight excluding hydrogens is 411 g/mol. The molecule has 0 fully saturated rings. The number of nitrogens with zero attached hydrogens (tertiary/aromatic N) is 1. The molecule has 0 unspecified atom stereocenters. The third-order valence-electron chi connectivity index (χ3n) is 3.61. The van der Waals surface area contributed by atoms with Crippen molar-refractivity contribution >= 4 is 55.8 Å².